The molecule has 0 aliphatic rings. The molecule has 84 valence electrons. The second-order valence-electron chi connectivity index (χ2n) is 3.70. The molecule has 0 unspecified atom stereocenters. The van der Waals surface area contributed by atoms with Crippen LogP contribution in [0.4, 0.5) is 17.7 Å². The van der Waals surface area contributed by atoms with Gasteiger partial charge in [-0.2, -0.15) is 15.0 Å². The highest BCUT2D eigenvalue weighted by atomic mass is 15.1. The molecule has 0 spiro atoms. The van der Waals surface area contributed by atoms with Crippen LogP contribution in [0.3, 0.4) is 0 Å². The second-order valence-corrected chi connectivity index (χ2v) is 3.70. The van der Waals surface area contributed by atoms with Crippen molar-refractivity contribution in [1.82, 2.24) is 19.9 Å². The largest absolute Gasteiger partial charge is 0.383 e. The van der Waals surface area contributed by atoms with E-state index in [0.717, 1.165) is 0 Å². The van der Waals surface area contributed by atoms with E-state index in [2.05, 4.69) is 25.3 Å². The lowest BCUT2D eigenvalue weighted by Gasteiger charge is -2.08. The molecule has 7 nitrogen and oxygen atoms in total. The van der Waals surface area contributed by atoms with Crippen LogP contribution < -0.4 is 16.8 Å². The third-order valence-electron chi connectivity index (χ3n) is 1.92. The maximum absolute atomic E-state index is 5.68. The molecule has 2 heterocycles. The van der Waals surface area contributed by atoms with Crippen LogP contribution >= 0.6 is 0 Å². The number of anilines is 3. The molecule has 0 aliphatic carbocycles. The van der Waals surface area contributed by atoms with Crippen LogP contribution in [0.1, 0.15) is 13.8 Å². The molecule has 0 radical (unpaired) electrons. The Labute approximate surface area is 92.3 Å². The first-order valence-electron chi connectivity index (χ1n) is 4.88. The van der Waals surface area contributed by atoms with Crippen molar-refractivity contribution in [3.05, 3.63) is 6.20 Å². The van der Waals surface area contributed by atoms with Crippen molar-refractivity contribution in [2.45, 2.75) is 19.9 Å². The summed E-state index contributed by atoms with van der Waals surface area (Å²) in [4.78, 5) is 16.2. The van der Waals surface area contributed by atoms with E-state index >= 15 is 0 Å². The van der Waals surface area contributed by atoms with Gasteiger partial charge in [-0.15, -0.1) is 0 Å². The molecule has 0 saturated heterocycles. The Morgan fingerprint density at radius 3 is 2.62 bits per heavy atom. The molecule has 0 saturated carbocycles. The molecule has 2 aromatic rings. The van der Waals surface area contributed by atoms with E-state index in [-0.39, 0.29) is 12.0 Å². The predicted octanol–water partition coefficient (Wildman–Crippen LogP) is 0.404. The van der Waals surface area contributed by atoms with Crippen molar-refractivity contribution in [1.29, 1.82) is 0 Å². The zero-order valence-corrected chi connectivity index (χ0v) is 9.10. The normalized spacial score (nSPS) is 10.9. The molecule has 0 fully saturated rings. The lowest BCUT2D eigenvalue weighted by molar-refractivity contribution is 0.876. The van der Waals surface area contributed by atoms with Crippen molar-refractivity contribution >= 4 is 28.7 Å². The van der Waals surface area contributed by atoms with Gasteiger partial charge in [0.2, 0.25) is 11.9 Å². The summed E-state index contributed by atoms with van der Waals surface area (Å²) >= 11 is 0. The predicted molar refractivity (Wildman–Crippen MR) is 62.7 cm³/mol. The lowest BCUT2D eigenvalue weighted by Crippen LogP contribution is -2.13. The highest BCUT2D eigenvalue weighted by Crippen LogP contribution is 2.17. The third kappa shape index (κ3) is 1.92. The fraction of sp³-hybridized carbons (Fsp3) is 0.333. The number of fused-ring (bicyclic) bond motifs is 1. The number of nitrogens with two attached hydrogens (primary N) is 2. The van der Waals surface area contributed by atoms with Crippen LogP contribution in [0.5, 0.6) is 0 Å². The summed E-state index contributed by atoms with van der Waals surface area (Å²) in [6.45, 7) is 3.99. The Morgan fingerprint density at radius 2 is 1.94 bits per heavy atom. The maximum Gasteiger partial charge on any atom is 0.224 e. The van der Waals surface area contributed by atoms with Gasteiger partial charge in [-0.25, -0.2) is 4.98 Å². The lowest BCUT2D eigenvalue weighted by atomic mass is 10.4. The molecule has 7 heteroatoms. The number of hydrogen-bond acceptors (Lipinski definition) is 7. The topological polar surface area (TPSA) is 116 Å². The molecular weight excluding hydrogens is 206 g/mol. The molecule has 0 bridgehead atoms. The monoisotopic (exact) mass is 219 g/mol. The first-order valence-corrected chi connectivity index (χ1v) is 4.88. The molecule has 0 atom stereocenters. The summed E-state index contributed by atoms with van der Waals surface area (Å²) in [6.07, 6.45) is 1.59. The zero-order valence-electron chi connectivity index (χ0n) is 9.10. The average Bonchev–Trinajstić information content (AvgIpc) is 2.15. The van der Waals surface area contributed by atoms with E-state index in [9.17, 15) is 0 Å². The van der Waals surface area contributed by atoms with Crippen LogP contribution in [0, 0.1) is 0 Å². The Bertz CT molecular complexity index is 522. The van der Waals surface area contributed by atoms with Gasteiger partial charge < -0.3 is 16.8 Å². The van der Waals surface area contributed by atoms with Crippen LogP contribution in [0.15, 0.2) is 6.20 Å². The van der Waals surface area contributed by atoms with Crippen molar-refractivity contribution in [3.8, 4) is 0 Å². The second kappa shape index (κ2) is 3.76. The van der Waals surface area contributed by atoms with E-state index in [1.165, 1.54) is 0 Å². The van der Waals surface area contributed by atoms with Crippen molar-refractivity contribution in [2.24, 2.45) is 0 Å². The molecular formula is C9H13N7. The van der Waals surface area contributed by atoms with Gasteiger partial charge in [-0.1, -0.05) is 0 Å². The van der Waals surface area contributed by atoms with Gasteiger partial charge in [0.1, 0.15) is 5.82 Å². The quantitative estimate of drug-likeness (QED) is 0.669. The fourth-order valence-corrected chi connectivity index (χ4v) is 1.28. The van der Waals surface area contributed by atoms with Gasteiger partial charge >= 0.3 is 0 Å². The highest BCUT2D eigenvalue weighted by Gasteiger charge is 2.07. The smallest absolute Gasteiger partial charge is 0.224 e. The number of nitrogens with zero attached hydrogens (tertiary/aromatic N) is 4. The van der Waals surface area contributed by atoms with E-state index in [4.69, 9.17) is 11.5 Å². The van der Waals surface area contributed by atoms with Gasteiger partial charge in [0.15, 0.2) is 5.65 Å². The van der Waals surface area contributed by atoms with E-state index < -0.39 is 0 Å². The van der Waals surface area contributed by atoms with E-state index in [1.54, 1.807) is 6.20 Å². The Kier molecular flexibility index (Phi) is 2.43. The molecule has 16 heavy (non-hydrogen) atoms. The van der Waals surface area contributed by atoms with Crippen LogP contribution in [0.2, 0.25) is 0 Å². The Morgan fingerprint density at radius 1 is 1.19 bits per heavy atom. The van der Waals surface area contributed by atoms with Gasteiger partial charge in [-0.3, -0.25) is 0 Å². The van der Waals surface area contributed by atoms with Crippen LogP contribution in [-0.4, -0.2) is 26.0 Å². The number of nitrogens with one attached hydrogen (secondary N) is 1. The minimum absolute atomic E-state index is 0.110. The molecule has 2 aromatic heterocycles. The summed E-state index contributed by atoms with van der Waals surface area (Å²) in [6, 6.07) is 0.244. The Balaban J connectivity index is 2.53. The molecule has 2 rings (SSSR count). The van der Waals surface area contributed by atoms with Crippen molar-refractivity contribution < 1.29 is 0 Å². The first-order chi connectivity index (χ1) is 7.56. The molecule has 5 N–H and O–H groups in total. The highest BCUT2D eigenvalue weighted by molar-refractivity contribution is 5.85. The molecule has 0 amide bonds. The summed E-state index contributed by atoms with van der Waals surface area (Å²) in [5, 5.41) is 3.67. The van der Waals surface area contributed by atoms with Gasteiger partial charge in [0, 0.05) is 12.2 Å². The third-order valence-corrected chi connectivity index (χ3v) is 1.92. The SMILES string of the molecule is CC(C)Nc1ncc2c(N)nc(N)nc2n1. The average molecular weight is 219 g/mol. The van der Waals surface area contributed by atoms with E-state index in [1.807, 2.05) is 13.8 Å². The number of rotatable bonds is 2. The molecule has 0 aromatic carbocycles. The Hall–Kier alpha value is -2.18. The van der Waals surface area contributed by atoms with Gasteiger partial charge in [0.05, 0.1) is 5.39 Å². The van der Waals surface area contributed by atoms with E-state index in [0.29, 0.717) is 22.8 Å². The van der Waals surface area contributed by atoms with Gasteiger partial charge in [-0.05, 0) is 13.8 Å². The maximum atomic E-state index is 5.68. The summed E-state index contributed by atoms with van der Waals surface area (Å²) < 4.78 is 0. The summed E-state index contributed by atoms with van der Waals surface area (Å²) in [7, 11) is 0. The van der Waals surface area contributed by atoms with Crippen molar-refractivity contribution in [3.63, 3.8) is 0 Å². The fourth-order valence-electron chi connectivity index (χ4n) is 1.28. The minimum atomic E-state index is 0.110. The van der Waals surface area contributed by atoms with Crippen LogP contribution in [0.25, 0.3) is 11.0 Å². The van der Waals surface area contributed by atoms with Gasteiger partial charge in [0.25, 0.3) is 0 Å². The number of nitrogen functional groups attached to an aromatic ring is 2. The number of hydrogen-bond donors (Lipinski definition) is 3. The minimum Gasteiger partial charge on any atom is -0.383 e. The summed E-state index contributed by atoms with van der Waals surface area (Å²) in [5.74, 6) is 0.901. The first kappa shape index (κ1) is 10.3. The van der Waals surface area contributed by atoms with Crippen molar-refractivity contribution in [2.75, 3.05) is 16.8 Å². The molecule has 0 aliphatic heterocycles. The summed E-state index contributed by atoms with van der Waals surface area (Å²) in [5.41, 5.74) is 11.6. The number of aromatic nitrogens is 4. The zero-order chi connectivity index (χ0) is 11.7. The standard InChI is InChI=1S/C9H13N7/c1-4(2)13-9-12-3-5-6(10)14-8(11)15-7(5)16-9/h3-4H,1-2H3,(H5,10,11,12,13,14,15,16). The van der Waals surface area contributed by atoms with Crippen LogP contribution in [-0.2, 0) is 0 Å².